The van der Waals surface area contributed by atoms with Gasteiger partial charge in [-0.2, -0.15) is 5.10 Å². The highest BCUT2D eigenvalue weighted by Gasteiger charge is 2.44. The molecule has 43 heavy (non-hydrogen) atoms. The summed E-state index contributed by atoms with van der Waals surface area (Å²) < 4.78 is 2.01. The van der Waals surface area contributed by atoms with Crippen LogP contribution in [0.2, 0.25) is 5.02 Å². The molecule has 236 valence electrons. The van der Waals surface area contributed by atoms with Gasteiger partial charge in [0.25, 0.3) is 0 Å². The number of likely N-dealkylation sites (N-methyl/N-ethyl adjacent to an activating group) is 1. The molecule has 2 heterocycles. The summed E-state index contributed by atoms with van der Waals surface area (Å²) >= 11 is 6.17. The summed E-state index contributed by atoms with van der Waals surface area (Å²) in [6, 6.07) is 8.04. The second-order valence-electron chi connectivity index (χ2n) is 13.5. The molecule has 1 atom stereocenters. The molecule has 3 aliphatic rings. The summed E-state index contributed by atoms with van der Waals surface area (Å²) in [5.41, 5.74) is 1.28. The van der Waals surface area contributed by atoms with Crippen LogP contribution in [0.5, 0.6) is 0 Å². The van der Waals surface area contributed by atoms with Gasteiger partial charge in [-0.15, -0.1) is 0 Å². The number of halogens is 1. The molecule has 1 saturated heterocycles. The summed E-state index contributed by atoms with van der Waals surface area (Å²) in [5.74, 6) is 0.962. The molecule has 2 aromatic rings. The lowest BCUT2D eigenvalue weighted by molar-refractivity contribution is -0.137. The Morgan fingerprint density at radius 1 is 1.00 bits per heavy atom. The molecular formula is C33H50ClN7O2. The van der Waals surface area contributed by atoms with Crippen LogP contribution < -0.4 is 10.6 Å². The quantitative estimate of drug-likeness (QED) is 0.393. The van der Waals surface area contributed by atoms with Crippen molar-refractivity contribution in [2.75, 3.05) is 33.7 Å². The summed E-state index contributed by atoms with van der Waals surface area (Å²) in [4.78, 5) is 34.7. The number of amides is 2. The van der Waals surface area contributed by atoms with Crippen molar-refractivity contribution in [1.29, 1.82) is 0 Å². The summed E-state index contributed by atoms with van der Waals surface area (Å²) in [7, 11) is 3.82. The van der Waals surface area contributed by atoms with Crippen molar-refractivity contribution < 1.29 is 9.59 Å². The minimum absolute atomic E-state index is 0.0791. The van der Waals surface area contributed by atoms with Crippen LogP contribution in [0, 0.1) is 11.3 Å². The van der Waals surface area contributed by atoms with Crippen LogP contribution in [0.1, 0.15) is 76.2 Å². The number of carbonyl (C=O) groups excluding carboxylic acids is 2. The van der Waals surface area contributed by atoms with E-state index in [0.717, 1.165) is 63.7 Å². The monoisotopic (exact) mass is 611 g/mol. The lowest BCUT2D eigenvalue weighted by atomic mass is 9.63. The molecule has 5 rings (SSSR count). The zero-order valence-corrected chi connectivity index (χ0v) is 26.8. The number of likely N-dealkylation sites (tertiary alicyclic amines) is 1. The highest BCUT2D eigenvalue weighted by molar-refractivity contribution is 6.30. The first-order valence-corrected chi connectivity index (χ1v) is 16.7. The van der Waals surface area contributed by atoms with Crippen molar-refractivity contribution in [3.05, 3.63) is 47.5 Å². The standard InChI is InChI=1S/C33H50ClN7O2/c1-39(2)21-31(42)38-29-14-12-28(13-15-29)37-30(20-25-8-10-27(34)11-9-25)32(43)40-18-16-33(17-19-40,22-41-24-35-23-36-41)26-6-4-3-5-7-26/h8-11,23-24,26,28-30,37H,3-7,12-22H2,1-2H3,(H,38,42)/t28-,29+,30-/m1/s1. The average Bonchev–Trinajstić information content (AvgIpc) is 3.52. The molecule has 0 bridgehead atoms. The van der Waals surface area contributed by atoms with Gasteiger partial charge in [0.05, 0.1) is 12.6 Å². The molecule has 1 aromatic carbocycles. The molecule has 9 nitrogen and oxygen atoms in total. The van der Waals surface area contributed by atoms with Crippen molar-refractivity contribution in [3.63, 3.8) is 0 Å². The molecular weight excluding hydrogens is 562 g/mol. The van der Waals surface area contributed by atoms with Crippen molar-refractivity contribution in [3.8, 4) is 0 Å². The highest BCUT2D eigenvalue weighted by Crippen LogP contribution is 2.47. The largest absolute Gasteiger partial charge is 0.352 e. The van der Waals surface area contributed by atoms with E-state index in [4.69, 9.17) is 11.6 Å². The number of aromatic nitrogens is 3. The molecule has 10 heteroatoms. The van der Waals surface area contributed by atoms with Gasteiger partial charge in [0.15, 0.2) is 0 Å². The SMILES string of the molecule is CN(C)CC(=O)N[C@H]1CC[C@@H](N[C@H](Cc2ccc(Cl)cc2)C(=O)N2CCC(Cn3cncn3)(C3CCCCC3)CC2)CC1. The molecule has 0 radical (unpaired) electrons. The molecule has 3 fully saturated rings. The molecule has 1 aliphatic heterocycles. The van der Waals surface area contributed by atoms with Gasteiger partial charge in [-0.3, -0.25) is 14.3 Å². The molecule has 2 amide bonds. The number of hydrogen-bond donors (Lipinski definition) is 2. The smallest absolute Gasteiger partial charge is 0.240 e. The highest BCUT2D eigenvalue weighted by atomic mass is 35.5. The first-order valence-electron chi connectivity index (χ1n) is 16.4. The van der Waals surface area contributed by atoms with E-state index in [2.05, 4.69) is 25.6 Å². The van der Waals surface area contributed by atoms with E-state index in [9.17, 15) is 9.59 Å². The number of nitrogens with zero attached hydrogens (tertiary/aromatic N) is 5. The Labute approximate surface area is 262 Å². The van der Waals surface area contributed by atoms with Crippen LogP contribution in [-0.4, -0.2) is 88.2 Å². The number of hydrogen-bond acceptors (Lipinski definition) is 6. The van der Waals surface area contributed by atoms with E-state index >= 15 is 0 Å². The molecule has 2 aliphatic carbocycles. The Hall–Kier alpha value is -2.49. The summed E-state index contributed by atoms with van der Waals surface area (Å²) in [6.45, 7) is 2.87. The van der Waals surface area contributed by atoms with E-state index in [0.29, 0.717) is 23.9 Å². The zero-order chi connectivity index (χ0) is 30.2. The van der Waals surface area contributed by atoms with E-state index in [-0.39, 0.29) is 35.4 Å². The Morgan fingerprint density at radius 2 is 1.67 bits per heavy atom. The molecule has 2 saturated carbocycles. The van der Waals surface area contributed by atoms with Gasteiger partial charge in [-0.05, 0) is 101 Å². The van der Waals surface area contributed by atoms with Crippen LogP contribution in [0.4, 0.5) is 0 Å². The molecule has 1 aromatic heterocycles. The Kier molecular flexibility index (Phi) is 11.1. The van der Waals surface area contributed by atoms with Crippen LogP contribution in [-0.2, 0) is 22.6 Å². The number of benzene rings is 1. The van der Waals surface area contributed by atoms with Crippen molar-refractivity contribution in [2.24, 2.45) is 11.3 Å². The van der Waals surface area contributed by atoms with Crippen LogP contribution >= 0.6 is 11.6 Å². The van der Waals surface area contributed by atoms with Gasteiger partial charge in [-0.25, -0.2) is 4.98 Å². The topological polar surface area (TPSA) is 95.4 Å². The normalized spacial score (nSPS) is 23.7. The van der Waals surface area contributed by atoms with E-state index in [1.54, 1.807) is 6.33 Å². The average molecular weight is 612 g/mol. The fourth-order valence-corrected chi connectivity index (χ4v) is 7.89. The Morgan fingerprint density at radius 3 is 2.30 bits per heavy atom. The Bertz CT molecular complexity index is 1150. The predicted molar refractivity (Wildman–Crippen MR) is 170 cm³/mol. The van der Waals surface area contributed by atoms with Crippen LogP contribution in [0.3, 0.4) is 0 Å². The Balaban J connectivity index is 1.23. The maximum atomic E-state index is 14.2. The summed E-state index contributed by atoms with van der Waals surface area (Å²) in [5, 5.41) is 12.1. The number of nitrogens with one attached hydrogen (secondary N) is 2. The first kappa shape index (κ1) is 31.9. The maximum Gasteiger partial charge on any atom is 0.240 e. The van der Waals surface area contributed by atoms with Gasteiger partial charge >= 0.3 is 0 Å². The second-order valence-corrected chi connectivity index (χ2v) is 14.0. The van der Waals surface area contributed by atoms with Gasteiger partial charge in [-0.1, -0.05) is 43.0 Å². The van der Waals surface area contributed by atoms with E-state index in [1.165, 1.54) is 32.1 Å². The maximum absolute atomic E-state index is 14.2. The summed E-state index contributed by atoms with van der Waals surface area (Å²) in [6.07, 6.45) is 16.4. The number of rotatable bonds is 11. The van der Waals surface area contributed by atoms with E-state index < -0.39 is 0 Å². The predicted octanol–water partition coefficient (Wildman–Crippen LogP) is 4.31. The van der Waals surface area contributed by atoms with Gasteiger partial charge in [0, 0.05) is 36.7 Å². The third-order valence-corrected chi connectivity index (χ3v) is 10.4. The minimum Gasteiger partial charge on any atom is -0.352 e. The third-order valence-electron chi connectivity index (χ3n) is 10.1. The van der Waals surface area contributed by atoms with Crippen molar-refractivity contribution in [1.82, 2.24) is 35.2 Å². The lowest BCUT2D eigenvalue weighted by Crippen LogP contribution is -2.56. The van der Waals surface area contributed by atoms with Gasteiger partial charge in [0.1, 0.15) is 12.7 Å². The lowest BCUT2D eigenvalue weighted by Gasteiger charge is -2.48. The fourth-order valence-electron chi connectivity index (χ4n) is 7.76. The second kappa shape index (κ2) is 15.0. The minimum atomic E-state index is -0.288. The van der Waals surface area contributed by atoms with Crippen molar-refractivity contribution >= 4 is 23.4 Å². The molecule has 0 spiro atoms. The number of carbonyl (C=O) groups is 2. The molecule has 2 N–H and O–H groups in total. The molecule has 0 unspecified atom stereocenters. The van der Waals surface area contributed by atoms with E-state index in [1.807, 2.05) is 54.3 Å². The first-order chi connectivity index (χ1) is 20.8. The van der Waals surface area contributed by atoms with Crippen molar-refractivity contribution in [2.45, 2.75) is 102 Å². The number of piperidine rings is 1. The van der Waals surface area contributed by atoms with Crippen LogP contribution in [0.15, 0.2) is 36.9 Å². The third kappa shape index (κ3) is 8.79. The van der Waals surface area contributed by atoms with Gasteiger partial charge in [0.2, 0.25) is 11.8 Å². The van der Waals surface area contributed by atoms with Crippen LogP contribution in [0.25, 0.3) is 0 Å². The van der Waals surface area contributed by atoms with Gasteiger partial charge < -0.3 is 20.4 Å². The zero-order valence-electron chi connectivity index (χ0n) is 26.0. The fraction of sp³-hybridized carbons (Fsp3) is 0.697.